The first kappa shape index (κ1) is 20.7. The van der Waals surface area contributed by atoms with E-state index in [0.29, 0.717) is 5.56 Å². The Kier molecular flexibility index (Phi) is 6.45. The second-order valence-corrected chi connectivity index (χ2v) is 6.14. The second-order valence-electron chi connectivity index (χ2n) is 5.73. The molecular weight excluding hydrogens is 385 g/mol. The van der Waals surface area contributed by atoms with E-state index in [2.05, 4.69) is 10.1 Å². The number of carbonyl (C=O) groups excluding carboxylic acids is 2. The molecule has 0 saturated carbocycles. The molecule has 0 aliphatic carbocycles. The summed E-state index contributed by atoms with van der Waals surface area (Å²) in [6, 6.07) is 8.63. The van der Waals surface area contributed by atoms with Crippen LogP contribution in [-0.2, 0) is 11.2 Å². The molecule has 0 bridgehead atoms. The summed E-state index contributed by atoms with van der Waals surface area (Å²) in [5, 5.41) is 2.67. The van der Waals surface area contributed by atoms with E-state index in [0.717, 1.165) is 12.1 Å². The summed E-state index contributed by atoms with van der Waals surface area (Å²) >= 11 is 6.10. The maximum absolute atomic E-state index is 12.6. The molecule has 1 amide bonds. The van der Waals surface area contributed by atoms with Gasteiger partial charge in [-0.1, -0.05) is 23.7 Å². The van der Waals surface area contributed by atoms with Gasteiger partial charge in [0.05, 0.1) is 16.6 Å². The summed E-state index contributed by atoms with van der Waals surface area (Å²) in [6.07, 6.45) is -4.87. The van der Waals surface area contributed by atoms with Crippen LogP contribution in [0.3, 0.4) is 0 Å². The fraction of sp³-hybridized carbons (Fsp3) is 0.222. The lowest BCUT2D eigenvalue weighted by Gasteiger charge is -2.13. The number of halogens is 4. The van der Waals surface area contributed by atoms with Crippen molar-refractivity contribution in [3.05, 3.63) is 58.6 Å². The molecule has 27 heavy (non-hydrogen) atoms. The van der Waals surface area contributed by atoms with Gasteiger partial charge >= 0.3 is 6.36 Å². The summed E-state index contributed by atoms with van der Waals surface area (Å²) in [4.78, 5) is 24.5. The van der Waals surface area contributed by atoms with E-state index in [1.54, 1.807) is 12.1 Å². The van der Waals surface area contributed by atoms with Crippen molar-refractivity contribution in [2.24, 2.45) is 5.73 Å². The molecule has 2 aromatic carbocycles. The molecule has 5 nitrogen and oxygen atoms in total. The third-order valence-electron chi connectivity index (χ3n) is 3.55. The molecule has 0 saturated heterocycles. The zero-order valence-corrected chi connectivity index (χ0v) is 14.9. The van der Waals surface area contributed by atoms with Crippen LogP contribution >= 0.6 is 11.6 Å². The average molecular weight is 401 g/mol. The van der Waals surface area contributed by atoms with Gasteiger partial charge in [-0.2, -0.15) is 0 Å². The summed E-state index contributed by atoms with van der Waals surface area (Å²) in [5.74, 6) is -1.28. The van der Waals surface area contributed by atoms with Gasteiger partial charge in [0.15, 0.2) is 5.78 Å². The molecule has 0 radical (unpaired) electrons. The van der Waals surface area contributed by atoms with Crippen molar-refractivity contribution in [2.75, 3.05) is 5.32 Å². The largest absolute Gasteiger partial charge is 0.573 e. The summed E-state index contributed by atoms with van der Waals surface area (Å²) in [7, 11) is 0. The number of hydrogen-bond acceptors (Lipinski definition) is 4. The predicted molar refractivity (Wildman–Crippen MR) is 94.9 cm³/mol. The SMILES string of the molecule is CC(N)C(=O)Cc1cccc(Cl)c1C(=O)Nc1ccc(OC(F)(F)F)cc1. The van der Waals surface area contributed by atoms with Crippen LogP contribution in [0, 0.1) is 0 Å². The van der Waals surface area contributed by atoms with Gasteiger partial charge in [0, 0.05) is 12.1 Å². The van der Waals surface area contributed by atoms with Gasteiger partial charge in [0.2, 0.25) is 0 Å². The Labute approximate surface area is 158 Å². The van der Waals surface area contributed by atoms with Crippen molar-refractivity contribution in [3.63, 3.8) is 0 Å². The number of carbonyl (C=O) groups is 2. The van der Waals surface area contributed by atoms with Gasteiger partial charge in [0.25, 0.3) is 5.91 Å². The maximum Gasteiger partial charge on any atom is 0.573 e. The highest BCUT2D eigenvalue weighted by Crippen LogP contribution is 2.26. The third kappa shape index (κ3) is 5.97. The Bertz CT molecular complexity index is 837. The van der Waals surface area contributed by atoms with Gasteiger partial charge in [-0.15, -0.1) is 13.2 Å². The fourth-order valence-corrected chi connectivity index (χ4v) is 2.53. The number of alkyl halides is 3. The number of ketones is 1. The van der Waals surface area contributed by atoms with Crippen LogP contribution < -0.4 is 15.8 Å². The van der Waals surface area contributed by atoms with E-state index in [-0.39, 0.29) is 28.5 Å². The van der Waals surface area contributed by atoms with Crippen molar-refractivity contribution in [1.82, 2.24) is 0 Å². The highest BCUT2D eigenvalue weighted by Gasteiger charge is 2.31. The first-order chi connectivity index (χ1) is 12.6. The molecule has 3 N–H and O–H groups in total. The topological polar surface area (TPSA) is 81.4 Å². The molecule has 0 fully saturated rings. The average Bonchev–Trinajstić information content (AvgIpc) is 2.55. The van der Waals surface area contributed by atoms with Crippen molar-refractivity contribution in [2.45, 2.75) is 25.7 Å². The second kappa shape index (κ2) is 8.41. The number of amides is 1. The zero-order valence-electron chi connectivity index (χ0n) is 14.1. The van der Waals surface area contributed by atoms with Gasteiger partial charge in [0.1, 0.15) is 5.75 Å². The number of nitrogens with two attached hydrogens (primary N) is 1. The Hall–Kier alpha value is -2.58. The smallest absolute Gasteiger partial charge is 0.406 e. The number of anilines is 1. The van der Waals surface area contributed by atoms with E-state index in [1.165, 1.54) is 25.1 Å². The molecule has 0 aliphatic heterocycles. The van der Waals surface area contributed by atoms with E-state index < -0.39 is 24.1 Å². The van der Waals surface area contributed by atoms with Gasteiger partial charge in [-0.25, -0.2) is 0 Å². The lowest BCUT2D eigenvalue weighted by Crippen LogP contribution is -2.29. The number of hydrogen-bond donors (Lipinski definition) is 2. The quantitative estimate of drug-likeness (QED) is 0.769. The predicted octanol–water partition coefficient (Wildman–Crippen LogP) is 3.95. The van der Waals surface area contributed by atoms with Crippen LogP contribution in [0.1, 0.15) is 22.8 Å². The Morgan fingerprint density at radius 2 is 1.81 bits per heavy atom. The summed E-state index contributed by atoms with van der Waals surface area (Å²) in [6.45, 7) is 1.54. The minimum atomic E-state index is -4.80. The van der Waals surface area contributed by atoms with Gasteiger partial charge < -0.3 is 15.8 Å². The fourth-order valence-electron chi connectivity index (χ4n) is 2.25. The minimum Gasteiger partial charge on any atom is -0.406 e. The first-order valence-electron chi connectivity index (χ1n) is 7.79. The monoisotopic (exact) mass is 400 g/mol. The van der Waals surface area contributed by atoms with E-state index in [9.17, 15) is 22.8 Å². The number of nitrogens with one attached hydrogen (secondary N) is 1. The van der Waals surface area contributed by atoms with Crippen LogP contribution in [0.5, 0.6) is 5.75 Å². The number of rotatable bonds is 6. The van der Waals surface area contributed by atoms with Crippen molar-refractivity contribution >= 4 is 29.0 Å². The van der Waals surface area contributed by atoms with Gasteiger partial charge in [-0.3, -0.25) is 9.59 Å². The van der Waals surface area contributed by atoms with Crippen LogP contribution in [-0.4, -0.2) is 24.1 Å². The maximum atomic E-state index is 12.6. The van der Waals surface area contributed by atoms with Crippen molar-refractivity contribution in [3.8, 4) is 5.75 Å². The number of ether oxygens (including phenoxy) is 1. The molecule has 1 atom stereocenters. The molecule has 0 heterocycles. The lowest BCUT2D eigenvalue weighted by atomic mass is 9.99. The van der Waals surface area contributed by atoms with E-state index in [4.69, 9.17) is 17.3 Å². The van der Waals surface area contributed by atoms with Crippen LogP contribution in [0.25, 0.3) is 0 Å². The Morgan fingerprint density at radius 1 is 1.19 bits per heavy atom. The Morgan fingerprint density at radius 3 is 2.37 bits per heavy atom. The highest BCUT2D eigenvalue weighted by atomic mass is 35.5. The molecule has 2 rings (SSSR count). The lowest BCUT2D eigenvalue weighted by molar-refractivity contribution is -0.274. The molecule has 144 valence electrons. The third-order valence-corrected chi connectivity index (χ3v) is 3.86. The molecular formula is C18H16ClF3N2O3. The van der Waals surface area contributed by atoms with Crippen LogP contribution in [0.15, 0.2) is 42.5 Å². The molecule has 0 aliphatic rings. The first-order valence-corrected chi connectivity index (χ1v) is 8.17. The molecule has 2 aromatic rings. The van der Waals surface area contributed by atoms with Crippen molar-refractivity contribution < 1.29 is 27.5 Å². The minimum absolute atomic E-state index is 0.0701. The zero-order chi connectivity index (χ0) is 20.2. The highest BCUT2D eigenvalue weighted by molar-refractivity contribution is 6.34. The molecule has 1 unspecified atom stereocenters. The molecule has 0 aromatic heterocycles. The Balaban J connectivity index is 2.19. The normalized spacial score (nSPS) is 12.4. The standard InChI is InChI=1S/C18H16ClF3N2O3/c1-10(23)15(25)9-11-3-2-4-14(19)16(11)17(26)24-12-5-7-13(8-6-12)27-18(20,21)22/h2-8,10H,9,23H2,1H3,(H,24,26). The number of benzene rings is 2. The molecule has 0 spiro atoms. The number of Topliss-reactive ketones (excluding diaryl/α,β-unsaturated/α-hetero) is 1. The van der Waals surface area contributed by atoms with Gasteiger partial charge in [-0.05, 0) is 42.8 Å². The summed E-state index contributed by atoms with van der Waals surface area (Å²) < 4.78 is 40.3. The summed E-state index contributed by atoms with van der Waals surface area (Å²) in [5.41, 5.74) is 6.29. The van der Waals surface area contributed by atoms with Crippen molar-refractivity contribution in [1.29, 1.82) is 0 Å². The molecule has 9 heteroatoms. The van der Waals surface area contributed by atoms with E-state index >= 15 is 0 Å². The van der Waals surface area contributed by atoms with Crippen LogP contribution in [0.4, 0.5) is 18.9 Å². The van der Waals surface area contributed by atoms with Crippen LogP contribution in [0.2, 0.25) is 5.02 Å². The van der Waals surface area contributed by atoms with E-state index in [1.807, 2.05) is 0 Å².